The molecule has 0 amide bonds. The van der Waals surface area contributed by atoms with Gasteiger partial charge in [-0.2, -0.15) is 0 Å². The van der Waals surface area contributed by atoms with Gasteiger partial charge in [0.1, 0.15) is 5.82 Å². The second-order valence-electron chi connectivity index (χ2n) is 4.37. The third-order valence-corrected chi connectivity index (χ3v) is 3.29. The molecule has 0 bridgehead atoms. The summed E-state index contributed by atoms with van der Waals surface area (Å²) in [7, 11) is 0. The van der Waals surface area contributed by atoms with Gasteiger partial charge >= 0.3 is 11.9 Å². The van der Waals surface area contributed by atoms with Crippen LogP contribution in [0.1, 0.15) is 31.8 Å². The lowest BCUT2D eigenvalue weighted by atomic mass is 9.94. The van der Waals surface area contributed by atoms with Crippen LogP contribution in [0.15, 0.2) is 36.4 Å². The van der Waals surface area contributed by atoms with E-state index < -0.39 is 17.8 Å². The van der Waals surface area contributed by atoms with Crippen molar-refractivity contribution in [2.45, 2.75) is 6.42 Å². The molecule has 0 aliphatic rings. The summed E-state index contributed by atoms with van der Waals surface area (Å²) in [6, 6.07) is 7.96. The van der Waals surface area contributed by atoms with Gasteiger partial charge in [0, 0.05) is 0 Å². The molecule has 0 fully saturated rings. The van der Waals surface area contributed by atoms with Gasteiger partial charge in [0.25, 0.3) is 0 Å². The number of halogens is 2. The fourth-order valence-corrected chi connectivity index (χ4v) is 2.23. The molecule has 0 saturated heterocycles. The summed E-state index contributed by atoms with van der Waals surface area (Å²) in [6.07, 6.45) is 0.0319. The molecule has 0 saturated carbocycles. The highest BCUT2D eigenvalue weighted by atomic mass is 35.5. The molecular formula is C15H10ClFO4. The van der Waals surface area contributed by atoms with Gasteiger partial charge in [-0.1, -0.05) is 23.7 Å². The lowest BCUT2D eigenvalue weighted by Gasteiger charge is -2.10. The zero-order chi connectivity index (χ0) is 15.6. The lowest BCUT2D eigenvalue weighted by molar-refractivity contribution is 0.0696. The molecule has 4 nitrogen and oxygen atoms in total. The maximum atomic E-state index is 13.1. The van der Waals surface area contributed by atoms with Crippen LogP contribution in [0.2, 0.25) is 5.02 Å². The minimum atomic E-state index is -1.22. The number of carboxylic acid groups (broad SMARTS) is 2. The van der Waals surface area contributed by atoms with Crippen molar-refractivity contribution in [3.8, 4) is 0 Å². The van der Waals surface area contributed by atoms with Crippen molar-refractivity contribution < 1.29 is 24.2 Å². The Labute approximate surface area is 124 Å². The molecule has 108 valence electrons. The Balaban J connectivity index is 2.53. The largest absolute Gasteiger partial charge is 0.478 e. The van der Waals surface area contributed by atoms with E-state index in [0.717, 1.165) is 6.07 Å². The number of rotatable bonds is 4. The first-order valence-corrected chi connectivity index (χ1v) is 6.30. The topological polar surface area (TPSA) is 74.6 Å². The second-order valence-corrected chi connectivity index (χ2v) is 4.77. The molecule has 0 aromatic heterocycles. The maximum Gasteiger partial charge on any atom is 0.336 e. The van der Waals surface area contributed by atoms with Crippen molar-refractivity contribution in [1.82, 2.24) is 0 Å². The van der Waals surface area contributed by atoms with E-state index in [1.54, 1.807) is 0 Å². The van der Waals surface area contributed by atoms with Crippen molar-refractivity contribution >= 4 is 23.5 Å². The molecule has 2 aromatic rings. The average Bonchev–Trinajstić information content (AvgIpc) is 2.42. The number of carboxylic acids is 2. The van der Waals surface area contributed by atoms with Crippen LogP contribution in [-0.4, -0.2) is 22.2 Å². The van der Waals surface area contributed by atoms with Gasteiger partial charge < -0.3 is 10.2 Å². The molecule has 0 aliphatic heterocycles. The molecule has 0 unspecified atom stereocenters. The van der Waals surface area contributed by atoms with Crippen LogP contribution in [0.25, 0.3) is 0 Å². The predicted octanol–water partition coefficient (Wildman–Crippen LogP) is 3.47. The van der Waals surface area contributed by atoms with E-state index in [1.807, 2.05) is 0 Å². The summed E-state index contributed by atoms with van der Waals surface area (Å²) in [4.78, 5) is 22.5. The molecule has 0 aliphatic carbocycles. The number of hydrogen-bond acceptors (Lipinski definition) is 2. The summed E-state index contributed by atoms with van der Waals surface area (Å²) >= 11 is 5.68. The minimum Gasteiger partial charge on any atom is -0.478 e. The van der Waals surface area contributed by atoms with Crippen LogP contribution >= 0.6 is 11.6 Å². The normalized spacial score (nSPS) is 10.4. The van der Waals surface area contributed by atoms with Crippen molar-refractivity contribution in [1.29, 1.82) is 0 Å². The van der Waals surface area contributed by atoms with E-state index in [2.05, 4.69) is 0 Å². The Morgan fingerprint density at radius 3 is 2.10 bits per heavy atom. The van der Waals surface area contributed by atoms with Crippen molar-refractivity contribution in [2.24, 2.45) is 0 Å². The van der Waals surface area contributed by atoms with Gasteiger partial charge in [-0.05, 0) is 41.8 Å². The van der Waals surface area contributed by atoms with Gasteiger partial charge in [-0.3, -0.25) is 0 Å². The van der Waals surface area contributed by atoms with Crippen molar-refractivity contribution in [3.05, 3.63) is 69.5 Å². The van der Waals surface area contributed by atoms with Crippen molar-refractivity contribution in [3.63, 3.8) is 0 Å². The Morgan fingerprint density at radius 1 is 1.05 bits per heavy atom. The predicted molar refractivity (Wildman–Crippen MR) is 74.6 cm³/mol. The van der Waals surface area contributed by atoms with Crippen LogP contribution in [0.3, 0.4) is 0 Å². The van der Waals surface area contributed by atoms with Gasteiger partial charge in [0.2, 0.25) is 0 Å². The number of hydrogen-bond donors (Lipinski definition) is 2. The van der Waals surface area contributed by atoms with E-state index >= 15 is 0 Å². The Bertz CT molecular complexity index is 695. The van der Waals surface area contributed by atoms with Crippen LogP contribution in [0, 0.1) is 5.82 Å². The molecule has 2 N–H and O–H groups in total. The fraction of sp³-hybridized carbons (Fsp3) is 0.0667. The molecule has 0 radical (unpaired) electrons. The van der Waals surface area contributed by atoms with E-state index in [4.69, 9.17) is 21.8 Å². The highest BCUT2D eigenvalue weighted by Crippen LogP contribution is 2.23. The minimum absolute atomic E-state index is 0.0319. The summed E-state index contributed by atoms with van der Waals surface area (Å²) < 4.78 is 13.1. The zero-order valence-corrected chi connectivity index (χ0v) is 11.4. The van der Waals surface area contributed by atoms with Crippen LogP contribution in [0.4, 0.5) is 4.39 Å². The average molecular weight is 309 g/mol. The molecule has 21 heavy (non-hydrogen) atoms. The van der Waals surface area contributed by atoms with Crippen LogP contribution in [-0.2, 0) is 6.42 Å². The third kappa shape index (κ3) is 3.20. The Hall–Kier alpha value is -2.40. The van der Waals surface area contributed by atoms with Gasteiger partial charge in [-0.25, -0.2) is 14.0 Å². The summed E-state index contributed by atoms with van der Waals surface area (Å²) in [5.41, 5.74) is 0.475. The number of aromatic carboxylic acids is 2. The van der Waals surface area contributed by atoms with E-state index in [0.29, 0.717) is 5.56 Å². The SMILES string of the molecule is O=C(O)c1cccc(C(=O)O)c1Cc1ccc(F)c(Cl)c1. The third-order valence-electron chi connectivity index (χ3n) is 3.00. The van der Waals surface area contributed by atoms with Crippen LogP contribution < -0.4 is 0 Å². The first kappa shape index (κ1) is 15.0. The maximum absolute atomic E-state index is 13.1. The molecule has 0 heterocycles. The monoisotopic (exact) mass is 308 g/mol. The van der Waals surface area contributed by atoms with Gasteiger partial charge in [0.05, 0.1) is 16.1 Å². The first-order chi connectivity index (χ1) is 9.90. The Morgan fingerprint density at radius 2 is 1.62 bits per heavy atom. The molecule has 2 rings (SSSR count). The van der Waals surface area contributed by atoms with E-state index in [1.165, 1.54) is 30.3 Å². The van der Waals surface area contributed by atoms with Crippen molar-refractivity contribution in [2.75, 3.05) is 0 Å². The molecular weight excluding hydrogens is 299 g/mol. The fourth-order valence-electron chi connectivity index (χ4n) is 2.03. The first-order valence-electron chi connectivity index (χ1n) is 5.92. The van der Waals surface area contributed by atoms with E-state index in [9.17, 15) is 14.0 Å². The smallest absolute Gasteiger partial charge is 0.336 e. The second kappa shape index (κ2) is 5.93. The molecule has 6 heteroatoms. The molecule has 0 spiro atoms. The highest BCUT2D eigenvalue weighted by molar-refractivity contribution is 6.30. The standard InChI is InChI=1S/C15H10ClFO4/c16-12-7-8(4-5-13(12)17)6-11-9(14(18)19)2-1-3-10(11)15(20)21/h1-5,7H,6H2,(H,18,19)(H,20,21). The Kier molecular flexibility index (Phi) is 4.23. The van der Waals surface area contributed by atoms with Gasteiger partial charge in [-0.15, -0.1) is 0 Å². The van der Waals surface area contributed by atoms with E-state index in [-0.39, 0.29) is 28.1 Å². The number of benzene rings is 2. The van der Waals surface area contributed by atoms with Gasteiger partial charge in [0.15, 0.2) is 0 Å². The highest BCUT2D eigenvalue weighted by Gasteiger charge is 2.18. The summed E-state index contributed by atoms with van der Waals surface area (Å²) in [6.45, 7) is 0. The molecule has 2 aromatic carbocycles. The quantitative estimate of drug-likeness (QED) is 0.907. The van der Waals surface area contributed by atoms with Crippen LogP contribution in [0.5, 0.6) is 0 Å². The number of carbonyl (C=O) groups is 2. The summed E-state index contributed by atoms with van der Waals surface area (Å²) in [5.74, 6) is -3.03. The lowest BCUT2D eigenvalue weighted by Crippen LogP contribution is -2.10. The molecule has 0 atom stereocenters. The zero-order valence-electron chi connectivity index (χ0n) is 10.6. The summed E-state index contributed by atoms with van der Waals surface area (Å²) in [5, 5.41) is 18.2.